The first-order chi connectivity index (χ1) is 16.0. The van der Waals surface area contributed by atoms with Gasteiger partial charge in [-0.1, -0.05) is 68.4 Å². The Kier molecular flexibility index (Phi) is 7.04. The monoisotopic (exact) mass is 442 g/mol. The highest BCUT2D eigenvalue weighted by atomic mass is 19.1. The second-order valence-electron chi connectivity index (χ2n) is 8.51. The molecule has 0 spiro atoms. The van der Waals surface area contributed by atoms with Crippen LogP contribution in [-0.4, -0.2) is 12.6 Å². The summed E-state index contributed by atoms with van der Waals surface area (Å²) in [5.41, 5.74) is 3.17. The first kappa shape index (κ1) is 22.5. The summed E-state index contributed by atoms with van der Waals surface area (Å²) in [5, 5.41) is 1.90. The Labute approximate surface area is 193 Å². The third kappa shape index (κ3) is 5.78. The SMILES string of the molecule is CC(C)CCOC(=O)c1ccc2cc(-c3ccc(OCc4ccccc4)c(F)c3)ccc2c1. The highest BCUT2D eigenvalue weighted by Crippen LogP contribution is 2.29. The van der Waals surface area contributed by atoms with Crippen LogP contribution < -0.4 is 4.74 Å². The van der Waals surface area contributed by atoms with Crippen LogP contribution in [0.5, 0.6) is 5.75 Å². The molecule has 0 N–H and O–H groups in total. The van der Waals surface area contributed by atoms with Gasteiger partial charge in [0.15, 0.2) is 11.6 Å². The molecule has 0 atom stereocenters. The molecule has 0 heterocycles. The molecule has 4 aromatic carbocycles. The minimum atomic E-state index is -0.400. The molecule has 0 aliphatic carbocycles. The van der Waals surface area contributed by atoms with Crippen LogP contribution in [0.25, 0.3) is 21.9 Å². The van der Waals surface area contributed by atoms with E-state index in [0.717, 1.165) is 33.9 Å². The lowest BCUT2D eigenvalue weighted by molar-refractivity contribution is 0.0488. The number of hydrogen-bond acceptors (Lipinski definition) is 3. The van der Waals surface area contributed by atoms with Gasteiger partial charge in [0.25, 0.3) is 0 Å². The maximum Gasteiger partial charge on any atom is 0.338 e. The van der Waals surface area contributed by atoms with Crippen molar-refractivity contribution in [2.24, 2.45) is 5.92 Å². The van der Waals surface area contributed by atoms with Crippen molar-refractivity contribution in [3.8, 4) is 16.9 Å². The van der Waals surface area contributed by atoms with Gasteiger partial charge in [0.1, 0.15) is 6.61 Å². The molecule has 4 rings (SSSR count). The molecular formula is C29H27FO3. The second-order valence-corrected chi connectivity index (χ2v) is 8.51. The molecule has 33 heavy (non-hydrogen) atoms. The first-order valence-corrected chi connectivity index (χ1v) is 11.2. The number of esters is 1. The number of halogens is 1. The third-order valence-electron chi connectivity index (χ3n) is 5.51. The minimum Gasteiger partial charge on any atom is -0.486 e. The van der Waals surface area contributed by atoms with Crippen molar-refractivity contribution in [2.75, 3.05) is 6.61 Å². The Bertz CT molecular complexity index is 1250. The highest BCUT2D eigenvalue weighted by Gasteiger charge is 2.11. The Balaban J connectivity index is 1.47. The van der Waals surface area contributed by atoms with Crippen molar-refractivity contribution in [1.82, 2.24) is 0 Å². The molecule has 0 aliphatic heterocycles. The van der Waals surface area contributed by atoms with Gasteiger partial charge in [-0.2, -0.15) is 0 Å². The number of hydrogen-bond donors (Lipinski definition) is 0. The molecule has 0 saturated heterocycles. The molecule has 4 heteroatoms. The molecule has 168 valence electrons. The quantitative estimate of drug-likeness (QED) is 0.266. The van der Waals surface area contributed by atoms with Crippen LogP contribution in [0, 0.1) is 11.7 Å². The largest absolute Gasteiger partial charge is 0.486 e. The van der Waals surface area contributed by atoms with E-state index in [9.17, 15) is 9.18 Å². The molecule has 0 unspecified atom stereocenters. The van der Waals surface area contributed by atoms with E-state index in [1.54, 1.807) is 12.1 Å². The molecule has 0 fully saturated rings. The number of fused-ring (bicyclic) bond motifs is 1. The summed E-state index contributed by atoms with van der Waals surface area (Å²) >= 11 is 0. The van der Waals surface area contributed by atoms with Crippen molar-refractivity contribution < 1.29 is 18.7 Å². The van der Waals surface area contributed by atoms with Crippen molar-refractivity contribution >= 4 is 16.7 Å². The molecule has 3 nitrogen and oxygen atoms in total. The van der Waals surface area contributed by atoms with Gasteiger partial charge in [-0.25, -0.2) is 9.18 Å². The Hall–Kier alpha value is -3.66. The zero-order valence-corrected chi connectivity index (χ0v) is 18.9. The maximum atomic E-state index is 14.7. The Morgan fingerprint density at radius 3 is 2.30 bits per heavy atom. The number of rotatable bonds is 8. The van der Waals surface area contributed by atoms with E-state index >= 15 is 0 Å². The minimum absolute atomic E-state index is 0.226. The zero-order chi connectivity index (χ0) is 23.2. The van der Waals surface area contributed by atoms with Crippen molar-refractivity contribution in [3.63, 3.8) is 0 Å². The molecule has 0 radical (unpaired) electrons. The standard InChI is InChI=1S/C29H27FO3/c1-20(2)14-15-32-29(31)26-11-10-22-16-23(8-9-24(22)17-26)25-12-13-28(27(30)18-25)33-19-21-6-4-3-5-7-21/h3-13,16-18,20H,14-15,19H2,1-2H3. The summed E-state index contributed by atoms with van der Waals surface area (Å²) in [5.74, 6) is 0.00368. The van der Waals surface area contributed by atoms with E-state index in [1.807, 2.05) is 66.7 Å². The fraction of sp³-hybridized carbons (Fsp3) is 0.207. The van der Waals surface area contributed by atoms with Gasteiger partial charge in [-0.15, -0.1) is 0 Å². The summed E-state index contributed by atoms with van der Waals surface area (Å²) in [6.07, 6.45) is 0.843. The van der Waals surface area contributed by atoms with Crippen LogP contribution >= 0.6 is 0 Å². The van der Waals surface area contributed by atoms with Gasteiger partial charge < -0.3 is 9.47 Å². The fourth-order valence-electron chi connectivity index (χ4n) is 3.56. The van der Waals surface area contributed by atoms with Gasteiger partial charge in [0.2, 0.25) is 0 Å². The van der Waals surface area contributed by atoms with Gasteiger partial charge in [0.05, 0.1) is 12.2 Å². The van der Waals surface area contributed by atoms with Crippen molar-refractivity contribution in [1.29, 1.82) is 0 Å². The van der Waals surface area contributed by atoms with E-state index in [-0.39, 0.29) is 11.7 Å². The Morgan fingerprint density at radius 1 is 0.848 bits per heavy atom. The highest BCUT2D eigenvalue weighted by molar-refractivity contribution is 5.96. The third-order valence-corrected chi connectivity index (χ3v) is 5.51. The van der Waals surface area contributed by atoms with Crippen LogP contribution in [0.3, 0.4) is 0 Å². The van der Waals surface area contributed by atoms with Crippen LogP contribution in [-0.2, 0) is 11.3 Å². The molecule has 0 amide bonds. The van der Waals surface area contributed by atoms with Gasteiger partial charge in [-0.05, 0) is 70.1 Å². The van der Waals surface area contributed by atoms with Crippen LogP contribution in [0.2, 0.25) is 0 Å². The molecule has 0 aromatic heterocycles. The molecular weight excluding hydrogens is 415 g/mol. The van der Waals surface area contributed by atoms with E-state index in [4.69, 9.17) is 9.47 Å². The van der Waals surface area contributed by atoms with Crippen LogP contribution in [0.15, 0.2) is 84.9 Å². The lowest BCUT2D eigenvalue weighted by atomic mass is 10.00. The molecule has 0 saturated carbocycles. The smallest absolute Gasteiger partial charge is 0.338 e. The summed E-state index contributed by atoms with van der Waals surface area (Å²) in [6, 6.07) is 26.0. The van der Waals surface area contributed by atoms with Crippen LogP contribution in [0.4, 0.5) is 4.39 Å². The number of carbonyl (C=O) groups excluding carboxylic acids is 1. The lowest BCUT2D eigenvalue weighted by Gasteiger charge is -2.10. The number of ether oxygens (including phenoxy) is 2. The van der Waals surface area contributed by atoms with E-state index in [0.29, 0.717) is 24.7 Å². The lowest BCUT2D eigenvalue weighted by Crippen LogP contribution is -2.08. The van der Waals surface area contributed by atoms with E-state index in [1.165, 1.54) is 6.07 Å². The Morgan fingerprint density at radius 2 is 1.55 bits per heavy atom. The molecule has 0 bridgehead atoms. The van der Waals surface area contributed by atoms with Crippen molar-refractivity contribution in [2.45, 2.75) is 26.9 Å². The predicted molar refractivity (Wildman–Crippen MR) is 130 cm³/mol. The van der Waals surface area contributed by atoms with Gasteiger partial charge in [0, 0.05) is 0 Å². The number of carbonyl (C=O) groups is 1. The average Bonchev–Trinajstić information content (AvgIpc) is 2.83. The second kappa shape index (κ2) is 10.3. The average molecular weight is 443 g/mol. The number of benzene rings is 4. The maximum absolute atomic E-state index is 14.7. The topological polar surface area (TPSA) is 35.5 Å². The van der Waals surface area contributed by atoms with E-state index < -0.39 is 5.82 Å². The van der Waals surface area contributed by atoms with E-state index in [2.05, 4.69) is 13.8 Å². The van der Waals surface area contributed by atoms with Gasteiger partial charge >= 0.3 is 5.97 Å². The summed E-state index contributed by atoms with van der Waals surface area (Å²) in [7, 11) is 0. The molecule has 4 aromatic rings. The predicted octanol–water partition coefficient (Wildman–Crippen LogP) is 7.43. The fourth-order valence-corrected chi connectivity index (χ4v) is 3.56. The van der Waals surface area contributed by atoms with Crippen LogP contribution in [0.1, 0.15) is 36.2 Å². The summed E-state index contributed by atoms with van der Waals surface area (Å²) < 4.78 is 25.7. The summed E-state index contributed by atoms with van der Waals surface area (Å²) in [6.45, 7) is 4.93. The normalized spacial score (nSPS) is 11.0. The zero-order valence-electron chi connectivity index (χ0n) is 18.9. The summed E-state index contributed by atoms with van der Waals surface area (Å²) in [4.78, 5) is 12.3. The van der Waals surface area contributed by atoms with Crippen molar-refractivity contribution in [3.05, 3.63) is 102 Å². The first-order valence-electron chi connectivity index (χ1n) is 11.2. The van der Waals surface area contributed by atoms with Gasteiger partial charge in [-0.3, -0.25) is 0 Å². The molecule has 0 aliphatic rings.